The maximum Gasteiger partial charge on any atom is 0.255 e. The van der Waals surface area contributed by atoms with Crippen LogP contribution in [0.15, 0.2) is 18.2 Å². The number of benzene rings is 1. The van der Waals surface area contributed by atoms with Crippen LogP contribution in [0.5, 0.6) is 0 Å². The second-order valence-corrected chi connectivity index (χ2v) is 4.05. The summed E-state index contributed by atoms with van der Waals surface area (Å²) in [5, 5.41) is 8.98. The Balaban J connectivity index is 2.92. The first-order valence-corrected chi connectivity index (χ1v) is 5.83. The molecule has 0 heterocycles. The van der Waals surface area contributed by atoms with Gasteiger partial charge in [0.15, 0.2) is 0 Å². The first-order chi connectivity index (χ1) is 8.10. The number of aliphatic hydroxyl groups excluding tert-OH is 1. The highest BCUT2D eigenvalue weighted by Crippen LogP contribution is 2.19. The van der Waals surface area contributed by atoms with Gasteiger partial charge >= 0.3 is 0 Å². The van der Waals surface area contributed by atoms with Crippen molar-refractivity contribution >= 4 is 17.5 Å². The topological polar surface area (TPSA) is 40.5 Å². The van der Waals surface area contributed by atoms with E-state index in [1.807, 2.05) is 6.92 Å². The lowest BCUT2D eigenvalue weighted by atomic mass is 10.2. The number of rotatable bonds is 5. The van der Waals surface area contributed by atoms with E-state index in [-0.39, 0.29) is 29.6 Å². The largest absolute Gasteiger partial charge is 0.395 e. The summed E-state index contributed by atoms with van der Waals surface area (Å²) in [5.74, 6) is -0.762. The lowest BCUT2D eigenvalue weighted by Crippen LogP contribution is -2.34. The van der Waals surface area contributed by atoms with Crippen LogP contribution in [0.4, 0.5) is 4.39 Å². The first kappa shape index (κ1) is 13.9. The molecule has 0 aliphatic heterocycles. The zero-order valence-electron chi connectivity index (χ0n) is 9.62. The van der Waals surface area contributed by atoms with Crippen molar-refractivity contribution in [2.24, 2.45) is 0 Å². The molecule has 0 saturated heterocycles. The number of amides is 1. The molecule has 1 amide bonds. The molecule has 3 nitrogen and oxygen atoms in total. The number of carbonyl (C=O) groups is 1. The van der Waals surface area contributed by atoms with Crippen molar-refractivity contribution in [2.45, 2.75) is 13.3 Å². The zero-order chi connectivity index (χ0) is 12.8. The Morgan fingerprint density at radius 2 is 2.18 bits per heavy atom. The molecule has 0 atom stereocenters. The summed E-state index contributed by atoms with van der Waals surface area (Å²) >= 11 is 5.82. The maximum atomic E-state index is 12.9. The summed E-state index contributed by atoms with van der Waals surface area (Å²) in [7, 11) is 0. The highest BCUT2D eigenvalue weighted by atomic mass is 35.5. The van der Waals surface area contributed by atoms with Gasteiger partial charge in [-0.3, -0.25) is 4.79 Å². The third-order valence-electron chi connectivity index (χ3n) is 2.31. The van der Waals surface area contributed by atoms with E-state index in [0.717, 1.165) is 12.5 Å². The summed E-state index contributed by atoms with van der Waals surface area (Å²) in [6.07, 6.45) is 0.782. The molecule has 5 heteroatoms. The second-order valence-electron chi connectivity index (χ2n) is 3.64. The van der Waals surface area contributed by atoms with Crippen LogP contribution in [0.1, 0.15) is 23.7 Å². The molecule has 0 aliphatic rings. The van der Waals surface area contributed by atoms with Crippen LogP contribution in [0.2, 0.25) is 5.02 Å². The quantitative estimate of drug-likeness (QED) is 0.882. The van der Waals surface area contributed by atoms with Crippen LogP contribution < -0.4 is 0 Å². The van der Waals surface area contributed by atoms with Crippen molar-refractivity contribution in [1.82, 2.24) is 4.90 Å². The van der Waals surface area contributed by atoms with Crippen molar-refractivity contribution in [1.29, 1.82) is 0 Å². The third-order valence-corrected chi connectivity index (χ3v) is 2.62. The SMILES string of the molecule is CCCN(CCO)C(=O)c1ccc(F)cc1Cl. The molecule has 0 radical (unpaired) electrons. The Morgan fingerprint density at radius 1 is 1.47 bits per heavy atom. The molecule has 0 bridgehead atoms. The van der Waals surface area contributed by atoms with E-state index in [4.69, 9.17) is 16.7 Å². The zero-order valence-corrected chi connectivity index (χ0v) is 10.4. The molecule has 1 N–H and O–H groups in total. The van der Waals surface area contributed by atoms with Crippen molar-refractivity contribution in [2.75, 3.05) is 19.7 Å². The highest BCUT2D eigenvalue weighted by Gasteiger charge is 2.17. The minimum absolute atomic E-state index is 0.0917. The Kier molecular flexibility index (Phi) is 5.38. The average molecular weight is 260 g/mol. The number of aliphatic hydroxyl groups is 1. The summed E-state index contributed by atoms with van der Waals surface area (Å²) < 4.78 is 12.9. The summed E-state index contributed by atoms with van der Waals surface area (Å²) in [6.45, 7) is 2.61. The summed E-state index contributed by atoms with van der Waals surface area (Å²) in [5.41, 5.74) is 0.259. The number of hydrogen-bond acceptors (Lipinski definition) is 2. The number of halogens is 2. The molecule has 0 aromatic heterocycles. The van der Waals surface area contributed by atoms with Crippen LogP contribution in [-0.4, -0.2) is 35.6 Å². The molecule has 0 fully saturated rings. The monoisotopic (exact) mass is 259 g/mol. The van der Waals surface area contributed by atoms with Crippen LogP contribution in [0.25, 0.3) is 0 Å². The fraction of sp³-hybridized carbons (Fsp3) is 0.417. The van der Waals surface area contributed by atoms with Gasteiger partial charge < -0.3 is 10.0 Å². The Bertz CT molecular complexity index is 392. The molecule has 0 unspecified atom stereocenters. The molecule has 1 aromatic carbocycles. The van der Waals surface area contributed by atoms with Crippen LogP contribution in [0.3, 0.4) is 0 Å². The Labute approximate surface area is 105 Å². The van der Waals surface area contributed by atoms with E-state index in [1.165, 1.54) is 17.0 Å². The third kappa shape index (κ3) is 3.68. The number of nitrogens with zero attached hydrogens (tertiary/aromatic N) is 1. The second kappa shape index (κ2) is 6.57. The van der Waals surface area contributed by atoms with Crippen molar-refractivity contribution < 1.29 is 14.3 Å². The van der Waals surface area contributed by atoms with Gasteiger partial charge in [0.25, 0.3) is 5.91 Å². The minimum atomic E-state index is -0.476. The maximum absolute atomic E-state index is 12.9. The number of hydrogen-bond donors (Lipinski definition) is 1. The molecule has 94 valence electrons. The predicted molar refractivity (Wildman–Crippen MR) is 64.7 cm³/mol. The van der Waals surface area contributed by atoms with Gasteiger partial charge in [0.05, 0.1) is 17.2 Å². The highest BCUT2D eigenvalue weighted by molar-refractivity contribution is 6.33. The van der Waals surface area contributed by atoms with Gasteiger partial charge in [-0.15, -0.1) is 0 Å². The van der Waals surface area contributed by atoms with E-state index in [9.17, 15) is 9.18 Å². The molecule has 17 heavy (non-hydrogen) atoms. The fourth-order valence-corrected chi connectivity index (χ4v) is 1.79. The van der Waals surface area contributed by atoms with Gasteiger partial charge in [0.2, 0.25) is 0 Å². The van der Waals surface area contributed by atoms with Crippen molar-refractivity contribution in [3.05, 3.63) is 34.6 Å². The molecule has 1 aromatic rings. The van der Waals surface area contributed by atoms with Gasteiger partial charge in [-0.1, -0.05) is 18.5 Å². The smallest absolute Gasteiger partial charge is 0.255 e. The average Bonchev–Trinajstić information content (AvgIpc) is 2.28. The standard InChI is InChI=1S/C12H15ClFNO2/c1-2-5-15(6-7-16)12(17)10-4-3-9(14)8-11(10)13/h3-4,8,16H,2,5-7H2,1H3. The Hall–Kier alpha value is -1.13. The molecular weight excluding hydrogens is 245 g/mol. The molecule has 1 rings (SSSR count). The lowest BCUT2D eigenvalue weighted by Gasteiger charge is -2.21. The van der Waals surface area contributed by atoms with Crippen LogP contribution >= 0.6 is 11.6 Å². The van der Waals surface area contributed by atoms with E-state index in [0.29, 0.717) is 6.54 Å². The number of carbonyl (C=O) groups excluding carboxylic acids is 1. The molecule has 0 aliphatic carbocycles. The summed E-state index contributed by atoms with van der Waals surface area (Å²) in [6, 6.07) is 3.67. The van der Waals surface area contributed by atoms with E-state index in [2.05, 4.69) is 0 Å². The minimum Gasteiger partial charge on any atom is -0.395 e. The molecule has 0 spiro atoms. The van der Waals surface area contributed by atoms with E-state index < -0.39 is 5.82 Å². The van der Waals surface area contributed by atoms with Crippen LogP contribution in [0, 0.1) is 5.82 Å². The first-order valence-electron chi connectivity index (χ1n) is 5.45. The van der Waals surface area contributed by atoms with Crippen molar-refractivity contribution in [3.8, 4) is 0 Å². The predicted octanol–water partition coefficient (Wildman–Crippen LogP) is 2.32. The van der Waals surface area contributed by atoms with E-state index in [1.54, 1.807) is 0 Å². The summed E-state index contributed by atoms with van der Waals surface area (Å²) in [4.78, 5) is 13.6. The van der Waals surface area contributed by atoms with Crippen LogP contribution in [-0.2, 0) is 0 Å². The van der Waals surface area contributed by atoms with Gasteiger partial charge in [-0.05, 0) is 24.6 Å². The Morgan fingerprint density at radius 3 is 2.71 bits per heavy atom. The van der Waals surface area contributed by atoms with Gasteiger partial charge in [-0.2, -0.15) is 0 Å². The molecule has 0 saturated carbocycles. The normalized spacial score (nSPS) is 10.4. The van der Waals surface area contributed by atoms with Gasteiger partial charge in [0.1, 0.15) is 5.82 Å². The molecular formula is C12H15ClFNO2. The van der Waals surface area contributed by atoms with E-state index >= 15 is 0 Å². The van der Waals surface area contributed by atoms with Gasteiger partial charge in [-0.25, -0.2) is 4.39 Å². The lowest BCUT2D eigenvalue weighted by molar-refractivity contribution is 0.0722. The van der Waals surface area contributed by atoms with Gasteiger partial charge in [0, 0.05) is 13.1 Å². The van der Waals surface area contributed by atoms with Crippen molar-refractivity contribution in [3.63, 3.8) is 0 Å². The fourth-order valence-electron chi connectivity index (χ4n) is 1.54.